The number of alkyl halides is 2. The van der Waals surface area contributed by atoms with E-state index in [0.717, 1.165) is 16.6 Å². The highest BCUT2D eigenvalue weighted by Crippen LogP contribution is 2.40. The number of pyridine rings is 1. The zero-order chi connectivity index (χ0) is 19.4. The largest absolute Gasteiger partial charge is 0.493 e. The Kier molecular flexibility index (Phi) is 5.76. The van der Waals surface area contributed by atoms with E-state index in [1.165, 1.54) is 14.2 Å². The number of benzene rings is 2. The van der Waals surface area contributed by atoms with Gasteiger partial charge in [0.15, 0.2) is 11.5 Å². The van der Waals surface area contributed by atoms with Gasteiger partial charge in [-0.2, -0.15) is 8.78 Å². The zero-order valence-corrected chi connectivity index (χ0v) is 15.3. The first-order chi connectivity index (χ1) is 13.0. The summed E-state index contributed by atoms with van der Waals surface area (Å²) in [5.41, 5.74) is 2.18. The molecule has 27 heavy (non-hydrogen) atoms. The Labute approximate surface area is 159 Å². The van der Waals surface area contributed by atoms with Crippen molar-refractivity contribution in [3.63, 3.8) is 0 Å². The fourth-order valence-electron chi connectivity index (χ4n) is 2.58. The molecular formula is C20H16ClF2NO3. The number of methoxy groups -OCH3 is 2. The number of hydrogen-bond acceptors (Lipinski definition) is 4. The van der Waals surface area contributed by atoms with E-state index >= 15 is 0 Å². The van der Waals surface area contributed by atoms with Gasteiger partial charge in [-0.1, -0.05) is 29.8 Å². The Morgan fingerprint density at radius 2 is 1.63 bits per heavy atom. The predicted octanol–water partition coefficient (Wildman–Crippen LogP) is 5.68. The van der Waals surface area contributed by atoms with Crippen LogP contribution in [0.25, 0.3) is 23.1 Å². The Morgan fingerprint density at radius 3 is 2.26 bits per heavy atom. The fraction of sp³-hybridized carbons (Fsp3) is 0.150. The van der Waals surface area contributed by atoms with E-state index in [0.29, 0.717) is 10.6 Å². The Hall–Kier alpha value is -2.86. The second-order valence-electron chi connectivity index (χ2n) is 5.54. The summed E-state index contributed by atoms with van der Waals surface area (Å²) in [6.07, 6.45) is 3.57. The van der Waals surface area contributed by atoms with Crippen molar-refractivity contribution < 1.29 is 23.0 Å². The van der Waals surface area contributed by atoms with Gasteiger partial charge in [-0.05, 0) is 42.0 Å². The molecular weight excluding hydrogens is 376 g/mol. The minimum atomic E-state index is -2.98. The third-order valence-electron chi connectivity index (χ3n) is 3.81. The molecule has 0 saturated heterocycles. The first-order valence-corrected chi connectivity index (χ1v) is 8.33. The van der Waals surface area contributed by atoms with Crippen LogP contribution in [0.2, 0.25) is 5.02 Å². The molecule has 0 aliphatic rings. The van der Waals surface area contributed by atoms with Crippen LogP contribution < -0.4 is 14.2 Å². The quantitative estimate of drug-likeness (QED) is 0.542. The standard InChI is InChI=1S/C20H16ClF2NO3/c1-25-17-9-12(10-18(26-2)19(17)27-20(22)23)3-7-15-8-5-13-4-6-14(21)11-16(13)24-15/h3-11,20H,1-2H3/b7-3+. The van der Waals surface area contributed by atoms with E-state index < -0.39 is 6.61 Å². The van der Waals surface area contributed by atoms with Crippen molar-refractivity contribution in [1.82, 2.24) is 4.98 Å². The van der Waals surface area contributed by atoms with Gasteiger partial charge in [0.1, 0.15) is 0 Å². The topological polar surface area (TPSA) is 40.6 Å². The molecule has 1 aromatic heterocycles. The maximum atomic E-state index is 12.6. The fourth-order valence-corrected chi connectivity index (χ4v) is 2.75. The molecule has 0 aliphatic carbocycles. The molecule has 7 heteroatoms. The van der Waals surface area contributed by atoms with Gasteiger partial charge in [0.25, 0.3) is 0 Å². The number of halogens is 3. The highest BCUT2D eigenvalue weighted by molar-refractivity contribution is 6.31. The SMILES string of the molecule is COc1cc(/C=C/c2ccc3ccc(Cl)cc3n2)cc(OC)c1OC(F)F. The number of hydrogen-bond donors (Lipinski definition) is 0. The second kappa shape index (κ2) is 8.22. The van der Waals surface area contributed by atoms with Crippen molar-refractivity contribution in [1.29, 1.82) is 0 Å². The van der Waals surface area contributed by atoms with Crippen LogP contribution in [-0.4, -0.2) is 25.8 Å². The van der Waals surface area contributed by atoms with Gasteiger partial charge >= 0.3 is 6.61 Å². The van der Waals surface area contributed by atoms with Gasteiger partial charge in [0, 0.05) is 10.4 Å². The summed E-state index contributed by atoms with van der Waals surface area (Å²) in [7, 11) is 2.74. The van der Waals surface area contributed by atoms with Gasteiger partial charge in [0.05, 0.1) is 25.4 Å². The summed E-state index contributed by atoms with van der Waals surface area (Å²) in [6, 6.07) is 12.5. The van der Waals surface area contributed by atoms with Crippen molar-refractivity contribution in [3.8, 4) is 17.2 Å². The maximum Gasteiger partial charge on any atom is 0.387 e. The van der Waals surface area contributed by atoms with Crippen LogP contribution in [0, 0.1) is 0 Å². The number of ether oxygens (including phenoxy) is 3. The van der Waals surface area contributed by atoms with Gasteiger partial charge in [-0.3, -0.25) is 0 Å². The molecule has 4 nitrogen and oxygen atoms in total. The molecule has 0 N–H and O–H groups in total. The number of rotatable bonds is 6. The predicted molar refractivity (Wildman–Crippen MR) is 102 cm³/mol. The molecule has 0 bridgehead atoms. The van der Waals surface area contributed by atoms with Crippen molar-refractivity contribution >= 4 is 34.7 Å². The highest BCUT2D eigenvalue weighted by Gasteiger charge is 2.17. The first kappa shape index (κ1) is 18.9. The average molecular weight is 392 g/mol. The molecule has 2 aromatic carbocycles. The van der Waals surface area contributed by atoms with Crippen LogP contribution >= 0.6 is 11.6 Å². The summed E-state index contributed by atoms with van der Waals surface area (Å²) in [5.74, 6) is 0.144. The van der Waals surface area contributed by atoms with Crippen LogP contribution in [0.5, 0.6) is 17.2 Å². The molecule has 0 spiro atoms. The molecule has 3 aromatic rings. The van der Waals surface area contributed by atoms with E-state index in [4.69, 9.17) is 21.1 Å². The number of aromatic nitrogens is 1. The number of fused-ring (bicyclic) bond motifs is 1. The Balaban J connectivity index is 1.94. The minimum absolute atomic E-state index is 0.146. The molecule has 0 radical (unpaired) electrons. The van der Waals surface area contributed by atoms with Crippen molar-refractivity contribution in [2.45, 2.75) is 6.61 Å². The molecule has 140 valence electrons. The van der Waals surface area contributed by atoms with Crippen LogP contribution in [0.1, 0.15) is 11.3 Å². The molecule has 0 atom stereocenters. The van der Waals surface area contributed by atoms with Crippen molar-refractivity contribution in [3.05, 3.63) is 58.7 Å². The summed E-state index contributed by atoms with van der Waals surface area (Å²) >= 11 is 6.01. The molecule has 0 fully saturated rings. The Bertz CT molecular complexity index is 967. The van der Waals surface area contributed by atoms with Crippen molar-refractivity contribution in [2.24, 2.45) is 0 Å². The minimum Gasteiger partial charge on any atom is -0.493 e. The van der Waals surface area contributed by atoms with Gasteiger partial charge < -0.3 is 14.2 Å². The molecule has 0 aliphatic heterocycles. The lowest BCUT2D eigenvalue weighted by Crippen LogP contribution is -2.05. The summed E-state index contributed by atoms with van der Waals surface area (Å²) in [6.45, 7) is -2.98. The van der Waals surface area contributed by atoms with E-state index in [9.17, 15) is 8.78 Å². The lowest BCUT2D eigenvalue weighted by atomic mass is 10.1. The zero-order valence-electron chi connectivity index (χ0n) is 14.6. The molecule has 0 amide bonds. The third kappa shape index (κ3) is 4.46. The lowest BCUT2D eigenvalue weighted by Gasteiger charge is -2.14. The summed E-state index contributed by atoms with van der Waals surface area (Å²) in [4.78, 5) is 4.54. The van der Waals surface area contributed by atoms with E-state index in [2.05, 4.69) is 9.72 Å². The first-order valence-electron chi connectivity index (χ1n) is 7.95. The second-order valence-corrected chi connectivity index (χ2v) is 5.98. The highest BCUT2D eigenvalue weighted by atomic mass is 35.5. The smallest absolute Gasteiger partial charge is 0.387 e. The third-order valence-corrected chi connectivity index (χ3v) is 4.05. The van der Waals surface area contributed by atoms with Crippen LogP contribution in [-0.2, 0) is 0 Å². The van der Waals surface area contributed by atoms with Gasteiger partial charge in [-0.25, -0.2) is 4.98 Å². The van der Waals surface area contributed by atoms with Crippen LogP contribution in [0.4, 0.5) is 8.78 Å². The summed E-state index contributed by atoms with van der Waals surface area (Å²) in [5, 5.41) is 1.59. The van der Waals surface area contributed by atoms with E-state index in [-0.39, 0.29) is 17.2 Å². The molecule has 1 heterocycles. The normalized spacial score (nSPS) is 11.3. The molecule has 3 rings (SSSR count). The van der Waals surface area contributed by atoms with Crippen LogP contribution in [0.15, 0.2) is 42.5 Å². The lowest BCUT2D eigenvalue weighted by molar-refractivity contribution is -0.0526. The van der Waals surface area contributed by atoms with E-state index in [1.807, 2.05) is 24.3 Å². The van der Waals surface area contributed by atoms with Gasteiger partial charge in [0.2, 0.25) is 5.75 Å². The van der Waals surface area contributed by atoms with E-state index in [1.54, 1.807) is 30.4 Å². The van der Waals surface area contributed by atoms with Gasteiger partial charge in [-0.15, -0.1) is 0 Å². The monoisotopic (exact) mass is 391 g/mol. The van der Waals surface area contributed by atoms with Crippen LogP contribution in [0.3, 0.4) is 0 Å². The molecule has 0 unspecified atom stereocenters. The molecule has 0 saturated carbocycles. The summed E-state index contributed by atoms with van der Waals surface area (Å²) < 4.78 is 40.0. The average Bonchev–Trinajstić information content (AvgIpc) is 2.66. The Morgan fingerprint density at radius 1 is 0.963 bits per heavy atom. The van der Waals surface area contributed by atoms with Crippen molar-refractivity contribution in [2.75, 3.05) is 14.2 Å². The maximum absolute atomic E-state index is 12.6. The number of nitrogens with zero attached hydrogens (tertiary/aromatic N) is 1.